The van der Waals surface area contributed by atoms with Crippen molar-refractivity contribution in [2.24, 2.45) is 0 Å². The summed E-state index contributed by atoms with van der Waals surface area (Å²) in [4.78, 5) is 11.4. The van der Waals surface area contributed by atoms with E-state index in [4.69, 9.17) is 5.11 Å². The van der Waals surface area contributed by atoms with E-state index in [1.165, 1.54) is 25.7 Å². The summed E-state index contributed by atoms with van der Waals surface area (Å²) < 4.78 is 0. The fourth-order valence-electron chi connectivity index (χ4n) is 1.96. The molecule has 1 saturated carbocycles. The predicted octanol–water partition coefficient (Wildman–Crippen LogP) is 0.406. The Morgan fingerprint density at radius 1 is 1.47 bits per heavy atom. The molecule has 0 aromatic heterocycles. The quantitative estimate of drug-likeness (QED) is 0.600. The molecule has 4 heteroatoms. The molecule has 4 nitrogen and oxygen atoms in total. The maximum absolute atomic E-state index is 11.4. The van der Waals surface area contributed by atoms with Crippen molar-refractivity contribution < 1.29 is 9.90 Å². The molecule has 0 radical (unpaired) electrons. The van der Waals surface area contributed by atoms with Crippen molar-refractivity contribution in [1.29, 1.82) is 0 Å². The topological polar surface area (TPSA) is 61.4 Å². The molecule has 0 aromatic carbocycles. The van der Waals surface area contributed by atoms with Crippen molar-refractivity contribution in [1.82, 2.24) is 10.6 Å². The van der Waals surface area contributed by atoms with Crippen LogP contribution in [0.4, 0.5) is 0 Å². The summed E-state index contributed by atoms with van der Waals surface area (Å²) >= 11 is 0. The first-order valence-corrected chi connectivity index (χ1v) is 5.86. The fraction of sp³-hybridized carbons (Fsp3) is 0.909. The Labute approximate surface area is 91.4 Å². The molecule has 1 fully saturated rings. The average molecular weight is 214 g/mol. The molecule has 15 heavy (non-hydrogen) atoms. The minimum absolute atomic E-state index is 0.0304. The second kappa shape index (κ2) is 6.80. The minimum atomic E-state index is 0.0304. The Morgan fingerprint density at radius 3 is 2.73 bits per heavy atom. The normalized spacial score (nSPS) is 19.1. The second-order valence-corrected chi connectivity index (χ2v) is 4.34. The highest BCUT2D eigenvalue weighted by molar-refractivity contribution is 5.78. The van der Waals surface area contributed by atoms with Crippen LogP contribution in [0.2, 0.25) is 0 Å². The lowest BCUT2D eigenvalue weighted by molar-refractivity contribution is -0.121. The molecule has 3 N–H and O–H groups in total. The largest absolute Gasteiger partial charge is 0.396 e. The van der Waals surface area contributed by atoms with Crippen LogP contribution >= 0.6 is 0 Å². The third kappa shape index (κ3) is 5.14. The number of carbonyl (C=O) groups excluding carboxylic acids is 1. The smallest absolute Gasteiger partial charge is 0.234 e. The molecular weight excluding hydrogens is 192 g/mol. The van der Waals surface area contributed by atoms with Gasteiger partial charge in [0.25, 0.3) is 0 Å². The van der Waals surface area contributed by atoms with E-state index in [0.717, 1.165) is 0 Å². The van der Waals surface area contributed by atoms with Crippen molar-refractivity contribution in [2.45, 2.75) is 51.1 Å². The molecule has 1 aliphatic carbocycles. The van der Waals surface area contributed by atoms with Gasteiger partial charge in [-0.05, 0) is 26.2 Å². The summed E-state index contributed by atoms with van der Waals surface area (Å²) in [7, 11) is 0. The van der Waals surface area contributed by atoms with Gasteiger partial charge >= 0.3 is 0 Å². The van der Waals surface area contributed by atoms with Crippen LogP contribution in [0.25, 0.3) is 0 Å². The maximum atomic E-state index is 11.4. The molecule has 1 unspecified atom stereocenters. The first-order chi connectivity index (χ1) is 7.22. The monoisotopic (exact) mass is 214 g/mol. The highest BCUT2D eigenvalue weighted by Gasteiger charge is 2.15. The second-order valence-electron chi connectivity index (χ2n) is 4.34. The molecule has 88 valence electrons. The highest BCUT2D eigenvalue weighted by atomic mass is 16.3. The lowest BCUT2D eigenvalue weighted by Gasteiger charge is -2.15. The van der Waals surface area contributed by atoms with E-state index >= 15 is 0 Å². The molecule has 0 bridgehead atoms. The van der Waals surface area contributed by atoms with Gasteiger partial charge in [-0.25, -0.2) is 0 Å². The SMILES string of the molecule is CC(CCO)NC(=O)CNC1CCCC1. The summed E-state index contributed by atoms with van der Waals surface area (Å²) in [6.07, 6.45) is 5.56. The van der Waals surface area contributed by atoms with Crippen molar-refractivity contribution >= 4 is 5.91 Å². The number of hydrogen-bond donors (Lipinski definition) is 3. The molecule has 0 saturated heterocycles. The van der Waals surface area contributed by atoms with Crippen LogP contribution < -0.4 is 10.6 Å². The Balaban J connectivity index is 2.07. The van der Waals surface area contributed by atoms with Gasteiger partial charge in [0.1, 0.15) is 0 Å². The van der Waals surface area contributed by atoms with Crippen LogP contribution in [0, 0.1) is 0 Å². The first kappa shape index (κ1) is 12.5. The molecule has 0 aromatic rings. The van der Waals surface area contributed by atoms with Crippen molar-refractivity contribution in [2.75, 3.05) is 13.2 Å². The summed E-state index contributed by atoms with van der Waals surface area (Å²) in [6.45, 7) is 2.43. The molecule has 0 heterocycles. The number of nitrogens with one attached hydrogen (secondary N) is 2. The van der Waals surface area contributed by atoms with E-state index in [0.29, 0.717) is 19.0 Å². The number of aliphatic hydroxyl groups is 1. The van der Waals surface area contributed by atoms with Crippen LogP contribution in [-0.4, -0.2) is 36.2 Å². The number of hydrogen-bond acceptors (Lipinski definition) is 3. The minimum Gasteiger partial charge on any atom is -0.396 e. The average Bonchev–Trinajstić information content (AvgIpc) is 2.67. The fourth-order valence-corrected chi connectivity index (χ4v) is 1.96. The predicted molar refractivity (Wildman–Crippen MR) is 59.6 cm³/mol. The van der Waals surface area contributed by atoms with Gasteiger partial charge in [-0.2, -0.15) is 0 Å². The van der Waals surface area contributed by atoms with Crippen LogP contribution in [-0.2, 0) is 4.79 Å². The molecule has 1 amide bonds. The van der Waals surface area contributed by atoms with E-state index < -0.39 is 0 Å². The van der Waals surface area contributed by atoms with E-state index in [1.807, 2.05) is 6.92 Å². The van der Waals surface area contributed by atoms with Gasteiger partial charge in [0.05, 0.1) is 6.54 Å². The van der Waals surface area contributed by atoms with Gasteiger partial charge in [0.15, 0.2) is 0 Å². The Hall–Kier alpha value is -0.610. The van der Waals surface area contributed by atoms with Gasteiger partial charge in [-0.1, -0.05) is 12.8 Å². The lowest BCUT2D eigenvalue weighted by atomic mass is 10.2. The number of carbonyl (C=O) groups is 1. The van der Waals surface area contributed by atoms with E-state index in [-0.39, 0.29) is 18.6 Å². The molecular formula is C11H22N2O2. The number of amides is 1. The third-order valence-electron chi connectivity index (χ3n) is 2.88. The molecule has 1 atom stereocenters. The standard InChI is InChI=1S/C11H22N2O2/c1-9(6-7-14)13-11(15)8-12-10-4-2-3-5-10/h9-10,12,14H,2-8H2,1H3,(H,13,15). The molecule has 0 aliphatic heterocycles. The van der Waals surface area contributed by atoms with Crippen LogP contribution in [0.3, 0.4) is 0 Å². The van der Waals surface area contributed by atoms with Gasteiger partial charge < -0.3 is 15.7 Å². The van der Waals surface area contributed by atoms with Crippen LogP contribution in [0.5, 0.6) is 0 Å². The number of aliphatic hydroxyl groups excluding tert-OH is 1. The zero-order valence-electron chi connectivity index (χ0n) is 9.46. The van der Waals surface area contributed by atoms with E-state index in [1.54, 1.807) is 0 Å². The van der Waals surface area contributed by atoms with Gasteiger partial charge in [0.2, 0.25) is 5.91 Å². The highest BCUT2D eigenvalue weighted by Crippen LogP contribution is 2.17. The summed E-state index contributed by atoms with van der Waals surface area (Å²) in [5.41, 5.74) is 0. The van der Waals surface area contributed by atoms with Crippen LogP contribution in [0.15, 0.2) is 0 Å². The zero-order valence-corrected chi connectivity index (χ0v) is 9.46. The van der Waals surface area contributed by atoms with Crippen LogP contribution in [0.1, 0.15) is 39.0 Å². The van der Waals surface area contributed by atoms with Crippen molar-refractivity contribution in [3.8, 4) is 0 Å². The first-order valence-electron chi connectivity index (χ1n) is 5.86. The maximum Gasteiger partial charge on any atom is 0.234 e. The van der Waals surface area contributed by atoms with Gasteiger partial charge in [-0.15, -0.1) is 0 Å². The Kier molecular flexibility index (Phi) is 5.65. The third-order valence-corrected chi connectivity index (χ3v) is 2.88. The molecule has 0 spiro atoms. The summed E-state index contributed by atoms with van der Waals surface area (Å²) in [5.74, 6) is 0.0304. The zero-order chi connectivity index (χ0) is 11.1. The van der Waals surface area contributed by atoms with E-state index in [2.05, 4.69) is 10.6 Å². The summed E-state index contributed by atoms with van der Waals surface area (Å²) in [5, 5.41) is 14.8. The van der Waals surface area contributed by atoms with E-state index in [9.17, 15) is 4.79 Å². The number of rotatable bonds is 6. The van der Waals surface area contributed by atoms with Crippen molar-refractivity contribution in [3.63, 3.8) is 0 Å². The van der Waals surface area contributed by atoms with Gasteiger partial charge in [-0.3, -0.25) is 4.79 Å². The Morgan fingerprint density at radius 2 is 2.13 bits per heavy atom. The molecule has 1 rings (SSSR count). The summed E-state index contributed by atoms with van der Waals surface area (Å²) in [6, 6.07) is 0.594. The lowest BCUT2D eigenvalue weighted by Crippen LogP contribution is -2.41. The van der Waals surface area contributed by atoms with Crippen molar-refractivity contribution in [3.05, 3.63) is 0 Å². The molecule has 1 aliphatic rings. The Bertz CT molecular complexity index is 191. The van der Waals surface area contributed by atoms with Gasteiger partial charge in [0, 0.05) is 18.7 Å².